The van der Waals surface area contributed by atoms with Gasteiger partial charge in [0.1, 0.15) is 6.10 Å². The third-order valence-electron chi connectivity index (χ3n) is 6.05. The summed E-state index contributed by atoms with van der Waals surface area (Å²) in [7, 11) is 0.919. The number of carbonyl (C=O) groups excluding carboxylic acids is 1. The van der Waals surface area contributed by atoms with Crippen molar-refractivity contribution in [2.45, 2.75) is 76.4 Å². The molecule has 3 atom stereocenters. The number of hydrogen-bond acceptors (Lipinski definition) is 5. The third-order valence-corrected chi connectivity index (χ3v) is 7.40. The van der Waals surface area contributed by atoms with Crippen molar-refractivity contribution >= 4 is 25.5 Å². The molecule has 35 heavy (non-hydrogen) atoms. The molecule has 0 aliphatic rings. The Morgan fingerprint density at radius 2 is 1.46 bits per heavy atom. The van der Waals surface area contributed by atoms with Crippen molar-refractivity contribution in [1.82, 2.24) is 5.32 Å². The van der Waals surface area contributed by atoms with E-state index in [1.165, 1.54) is 74.3 Å². The van der Waals surface area contributed by atoms with Crippen LogP contribution in [0, 0.1) is 10.1 Å². The van der Waals surface area contributed by atoms with Crippen molar-refractivity contribution in [2.75, 3.05) is 12.8 Å². The minimum atomic E-state index is -1.14. The quantitative estimate of drug-likeness (QED) is 0.115. The number of nitrogens with zero attached hydrogens (tertiary/aromatic N) is 1. The average molecular weight is 503 g/mol. The van der Waals surface area contributed by atoms with Crippen LogP contribution in [0.5, 0.6) is 0 Å². The number of unbranched alkanes of at least 4 members (excludes halogenated alkanes) is 8. The van der Waals surface area contributed by atoms with Crippen LogP contribution in [-0.4, -0.2) is 39.9 Å². The van der Waals surface area contributed by atoms with Gasteiger partial charge in [0.15, 0.2) is 0 Å². The summed E-state index contributed by atoms with van der Waals surface area (Å²) in [6.07, 6.45) is 11.0. The summed E-state index contributed by atoms with van der Waals surface area (Å²) >= 11 is 0. The zero-order valence-electron chi connectivity index (χ0n) is 20.4. The number of non-ortho nitro benzene ring substituents is 1. The van der Waals surface area contributed by atoms with E-state index >= 15 is 0 Å². The Bertz CT molecular complexity index is 864. The van der Waals surface area contributed by atoms with Crippen LogP contribution in [0.25, 0.3) is 0 Å². The molecular weight excluding hydrogens is 463 g/mol. The monoisotopic (exact) mass is 502 g/mol. The molecule has 0 radical (unpaired) electrons. The van der Waals surface area contributed by atoms with Crippen LogP contribution in [-0.2, 0) is 4.79 Å². The topological polar surface area (TPSA) is 113 Å². The Labute approximate surface area is 210 Å². The van der Waals surface area contributed by atoms with Crippen molar-refractivity contribution < 1.29 is 19.9 Å². The molecule has 2 aromatic rings. The molecule has 0 aliphatic heterocycles. The highest BCUT2D eigenvalue weighted by Gasteiger charge is 2.22. The predicted molar refractivity (Wildman–Crippen MR) is 143 cm³/mol. The van der Waals surface area contributed by atoms with E-state index in [1.807, 2.05) is 0 Å². The Kier molecular flexibility index (Phi) is 14.2. The Morgan fingerprint density at radius 1 is 0.886 bits per heavy atom. The predicted octanol–water partition coefficient (Wildman–Crippen LogP) is 5.01. The van der Waals surface area contributed by atoms with Crippen LogP contribution in [0.4, 0.5) is 5.69 Å². The molecule has 2 rings (SSSR count). The van der Waals surface area contributed by atoms with Gasteiger partial charge in [-0.05, 0) is 42.0 Å². The van der Waals surface area contributed by atoms with Crippen molar-refractivity contribution in [3.63, 3.8) is 0 Å². The molecule has 0 heterocycles. The summed E-state index contributed by atoms with van der Waals surface area (Å²) < 4.78 is 0. The van der Waals surface area contributed by atoms with Crippen LogP contribution in [0.3, 0.4) is 0 Å². The van der Waals surface area contributed by atoms with Crippen molar-refractivity contribution in [2.24, 2.45) is 0 Å². The molecule has 3 N–H and O–H groups in total. The molecule has 2 aromatic carbocycles. The number of aliphatic hydroxyl groups excluding tert-OH is 2. The lowest BCUT2D eigenvalue weighted by Gasteiger charge is -2.22. The standard InChI is InChI=1S/C27H39N2O5P/c30-21-25(27(32)22-16-18-23(19-17-22)29(33)34)28-26(31)15-11-6-4-2-1-3-5-7-12-20-35-24-13-9-8-10-14-24/h8-10,13-14,16-19,25,27,30,32,35H,1-7,11-12,15,20-21H2,(H,28,31). The third kappa shape index (κ3) is 11.8. The molecule has 0 aromatic heterocycles. The van der Waals surface area contributed by atoms with Gasteiger partial charge in [-0.25, -0.2) is 0 Å². The first kappa shape index (κ1) is 28.9. The second-order valence-electron chi connectivity index (χ2n) is 8.87. The van der Waals surface area contributed by atoms with Crippen molar-refractivity contribution in [1.29, 1.82) is 0 Å². The lowest BCUT2D eigenvalue weighted by atomic mass is 10.0. The largest absolute Gasteiger partial charge is 0.394 e. The molecule has 3 unspecified atom stereocenters. The average Bonchev–Trinajstić information content (AvgIpc) is 2.88. The highest BCUT2D eigenvalue weighted by atomic mass is 31.1. The van der Waals surface area contributed by atoms with E-state index in [1.54, 1.807) is 0 Å². The Morgan fingerprint density at radius 3 is 2.03 bits per heavy atom. The molecule has 1 amide bonds. The van der Waals surface area contributed by atoms with E-state index < -0.39 is 23.7 Å². The van der Waals surface area contributed by atoms with E-state index in [2.05, 4.69) is 35.6 Å². The normalized spacial score (nSPS) is 13.1. The maximum atomic E-state index is 12.2. The van der Waals surface area contributed by atoms with Gasteiger partial charge in [-0.15, -0.1) is 0 Å². The van der Waals surface area contributed by atoms with Gasteiger partial charge in [0.05, 0.1) is 17.6 Å². The van der Waals surface area contributed by atoms with Crippen LogP contribution in [0.1, 0.15) is 75.9 Å². The smallest absolute Gasteiger partial charge is 0.269 e. The van der Waals surface area contributed by atoms with Crippen LogP contribution in [0.2, 0.25) is 0 Å². The van der Waals surface area contributed by atoms with Gasteiger partial charge in [0.2, 0.25) is 5.91 Å². The summed E-state index contributed by atoms with van der Waals surface area (Å²) in [5.74, 6) is -0.207. The first-order valence-corrected chi connectivity index (χ1v) is 13.8. The van der Waals surface area contributed by atoms with Gasteiger partial charge in [0, 0.05) is 18.6 Å². The summed E-state index contributed by atoms with van der Waals surface area (Å²) in [5.41, 5.74) is 0.330. The van der Waals surface area contributed by atoms with Gasteiger partial charge in [-0.3, -0.25) is 14.9 Å². The molecule has 0 fully saturated rings. The van der Waals surface area contributed by atoms with Gasteiger partial charge in [-0.2, -0.15) is 0 Å². The van der Waals surface area contributed by atoms with Crippen molar-refractivity contribution in [3.05, 3.63) is 70.3 Å². The number of rotatable bonds is 18. The van der Waals surface area contributed by atoms with Crippen LogP contribution >= 0.6 is 8.58 Å². The number of amides is 1. The second-order valence-corrected chi connectivity index (χ2v) is 10.3. The summed E-state index contributed by atoms with van der Waals surface area (Å²) in [6.45, 7) is -0.420. The second kappa shape index (κ2) is 17.1. The molecule has 7 nitrogen and oxygen atoms in total. The molecule has 192 valence electrons. The fraction of sp³-hybridized carbons (Fsp3) is 0.519. The molecule has 0 saturated heterocycles. The van der Waals surface area contributed by atoms with Gasteiger partial charge < -0.3 is 15.5 Å². The molecule has 0 bridgehead atoms. The number of hydrogen-bond donors (Lipinski definition) is 3. The lowest BCUT2D eigenvalue weighted by Crippen LogP contribution is -2.41. The number of nitro groups is 1. The highest BCUT2D eigenvalue weighted by Crippen LogP contribution is 2.21. The Hall–Kier alpha value is -2.34. The molecular formula is C27H39N2O5P. The van der Waals surface area contributed by atoms with Gasteiger partial charge in [-0.1, -0.05) is 83.9 Å². The lowest BCUT2D eigenvalue weighted by molar-refractivity contribution is -0.384. The number of nitro benzene ring substituents is 1. The van der Waals surface area contributed by atoms with Gasteiger partial charge >= 0.3 is 0 Å². The Balaban J connectivity index is 1.48. The highest BCUT2D eigenvalue weighted by molar-refractivity contribution is 7.47. The van der Waals surface area contributed by atoms with E-state index in [0.29, 0.717) is 12.0 Å². The molecule has 0 saturated carbocycles. The first-order chi connectivity index (χ1) is 17.0. The number of carbonyl (C=O) groups is 1. The number of aliphatic hydroxyl groups is 2. The summed E-state index contributed by atoms with van der Waals surface area (Å²) in [4.78, 5) is 22.5. The van der Waals surface area contributed by atoms with E-state index in [9.17, 15) is 25.1 Å². The number of nitrogens with one attached hydrogen (secondary N) is 1. The number of benzene rings is 2. The van der Waals surface area contributed by atoms with E-state index in [0.717, 1.165) is 27.8 Å². The molecule has 0 spiro atoms. The van der Waals surface area contributed by atoms with Crippen LogP contribution in [0.15, 0.2) is 54.6 Å². The van der Waals surface area contributed by atoms with Crippen LogP contribution < -0.4 is 10.6 Å². The zero-order chi connectivity index (χ0) is 25.3. The van der Waals surface area contributed by atoms with E-state index in [-0.39, 0.29) is 11.6 Å². The zero-order valence-corrected chi connectivity index (χ0v) is 21.4. The van der Waals surface area contributed by atoms with Gasteiger partial charge in [0.25, 0.3) is 5.69 Å². The van der Waals surface area contributed by atoms with Crippen molar-refractivity contribution in [3.8, 4) is 0 Å². The minimum absolute atomic E-state index is 0.0790. The first-order valence-electron chi connectivity index (χ1n) is 12.6. The summed E-state index contributed by atoms with van der Waals surface area (Å²) in [6, 6.07) is 15.3. The SMILES string of the molecule is O=C(CCCCCCCCCCCPc1ccccc1)NC(CO)C(O)c1ccc([N+](=O)[O-])cc1. The minimum Gasteiger partial charge on any atom is -0.394 e. The fourth-order valence-corrected chi connectivity index (χ4v) is 5.11. The fourth-order valence-electron chi connectivity index (χ4n) is 3.97. The maximum Gasteiger partial charge on any atom is 0.269 e. The molecule has 8 heteroatoms. The summed E-state index contributed by atoms with van der Waals surface area (Å²) in [5, 5.41) is 34.9. The maximum absolute atomic E-state index is 12.2. The van der Waals surface area contributed by atoms with E-state index in [4.69, 9.17) is 0 Å². The molecule has 0 aliphatic carbocycles.